The smallest absolute Gasteiger partial charge is 0.422 e. The molecule has 0 unspecified atom stereocenters. The van der Waals surface area contributed by atoms with E-state index in [-0.39, 0.29) is 11.4 Å². The Kier molecular flexibility index (Phi) is 5.62. The molecule has 2 aromatic heterocycles. The molecule has 27 heavy (non-hydrogen) atoms. The molecule has 10 heteroatoms. The molecule has 0 saturated heterocycles. The van der Waals surface area contributed by atoms with Crippen molar-refractivity contribution in [3.05, 3.63) is 58.6 Å². The third kappa shape index (κ3) is 5.18. The van der Waals surface area contributed by atoms with Crippen LogP contribution in [0.4, 0.5) is 18.3 Å². The molecule has 1 N–H and O–H groups in total. The van der Waals surface area contributed by atoms with E-state index in [1.807, 2.05) is 12.1 Å². The van der Waals surface area contributed by atoms with Crippen LogP contribution in [0.25, 0.3) is 11.3 Å². The van der Waals surface area contributed by atoms with Crippen LogP contribution < -0.4 is 10.1 Å². The average molecular weight is 414 g/mol. The van der Waals surface area contributed by atoms with E-state index < -0.39 is 18.7 Å². The third-order valence-corrected chi connectivity index (χ3v) is 4.34. The van der Waals surface area contributed by atoms with Crippen molar-refractivity contribution < 1.29 is 22.7 Å². The number of rotatable bonds is 5. The number of nitrogens with one attached hydrogen (secondary N) is 1. The fourth-order valence-corrected chi connectivity index (χ4v) is 2.99. The second-order valence-electron chi connectivity index (χ2n) is 5.26. The summed E-state index contributed by atoms with van der Waals surface area (Å²) in [6.45, 7) is -1.45. The van der Waals surface area contributed by atoms with E-state index in [0.29, 0.717) is 15.8 Å². The molecule has 5 nitrogen and oxygen atoms in total. The van der Waals surface area contributed by atoms with Crippen LogP contribution in [-0.4, -0.2) is 28.7 Å². The van der Waals surface area contributed by atoms with Gasteiger partial charge >= 0.3 is 6.18 Å². The first-order valence-corrected chi connectivity index (χ1v) is 8.75. The summed E-state index contributed by atoms with van der Waals surface area (Å²) < 4.78 is 40.8. The number of alkyl halides is 3. The molecule has 2 heterocycles. The van der Waals surface area contributed by atoms with Gasteiger partial charge in [0, 0.05) is 28.2 Å². The van der Waals surface area contributed by atoms with Gasteiger partial charge in [-0.05, 0) is 12.1 Å². The van der Waals surface area contributed by atoms with Gasteiger partial charge in [0.1, 0.15) is 0 Å². The molecule has 1 aromatic carbocycles. The summed E-state index contributed by atoms with van der Waals surface area (Å²) in [5.74, 6) is -0.718. The number of hydrogen-bond donors (Lipinski definition) is 1. The number of benzene rings is 1. The van der Waals surface area contributed by atoms with E-state index in [9.17, 15) is 18.0 Å². The topological polar surface area (TPSA) is 64.1 Å². The molecule has 0 atom stereocenters. The molecule has 3 aromatic rings. The van der Waals surface area contributed by atoms with Gasteiger partial charge in [-0.1, -0.05) is 29.8 Å². The minimum Gasteiger partial charge on any atom is -0.468 e. The van der Waals surface area contributed by atoms with Gasteiger partial charge in [0.2, 0.25) is 5.88 Å². The molecule has 0 saturated carbocycles. The lowest BCUT2D eigenvalue weighted by atomic mass is 10.2. The molecular formula is C17H11ClF3N3O2S. The lowest BCUT2D eigenvalue weighted by Gasteiger charge is -2.08. The molecule has 0 aliphatic heterocycles. The maximum atomic E-state index is 12.2. The van der Waals surface area contributed by atoms with Gasteiger partial charge in [0.05, 0.1) is 11.3 Å². The van der Waals surface area contributed by atoms with Crippen molar-refractivity contribution in [2.24, 2.45) is 0 Å². The van der Waals surface area contributed by atoms with Crippen LogP contribution >= 0.6 is 22.9 Å². The van der Waals surface area contributed by atoms with Gasteiger partial charge in [-0.2, -0.15) is 13.2 Å². The number of halogens is 4. The summed E-state index contributed by atoms with van der Waals surface area (Å²) in [6, 6.07) is 9.69. The summed E-state index contributed by atoms with van der Waals surface area (Å²) in [5.41, 5.74) is 1.52. The summed E-state index contributed by atoms with van der Waals surface area (Å²) >= 11 is 7.34. The zero-order valence-corrected chi connectivity index (χ0v) is 15.0. The Morgan fingerprint density at radius 1 is 1.22 bits per heavy atom. The summed E-state index contributed by atoms with van der Waals surface area (Å²) in [4.78, 5) is 20.2. The van der Waals surface area contributed by atoms with Gasteiger partial charge in [-0.15, -0.1) is 11.3 Å². The first kappa shape index (κ1) is 19.1. The van der Waals surface area contributed by atoms with Crippen molar-refractivity contribution in [2.75, 3.05) is 11.9 Å². The van der Waals surface area contributed by atoms with Crippen LogP contribution in [0.3, 0.4) is 0 Å². The second-order valence-corrected chi connectivity index (χ2v) is 6.53. The first-order chi connectivity index (χ1) is 12.8. The van der Waals surface area contributed by atoms with Gasteiger partial charge in [-0.3, -0.25) is 10.1 Å². The Morgan fingerprint density at radius 2 is 2.00 bits per heavy atom. The fraction of sp³-hybridized carbons (Fsp3) is 0.118. The van der Waals surface area contributed by atoms with E-state index in [0.717, 1.165) is 11.8 Å². The Balaban J connectivity index is 1.65. The number of aromatic nitrogens is 2. The predicted octanol–water partition coefficient (Wildman–Crippen LogP) is 5.05. The highest BCUT2D eigenvalue weighted by Crippen LogP contribution is 2.30. The molecule has 0 radical (unpaired) electrons. The van der Waals surface area contributed by atoms with Gasteiger partial charge < -0.3 is 4.74 Å². The fourth-order valence-electron chi connectivity index (χ4n) is 2.05. The first-order valence-electron chi connectivity index (χ1n) is 7.49. The summed E-state index contributed by atoms with van der Waals surface area (Å²) in [7, 11) is 0. The molecule has 0 spiro atoms. The minimum absolute atomic E-state index is 0.156. The summed E-state index contributed by atoms with van der Waals surface area (Å²) in [6.07, 6.45) is -3.33. The minimum atomic E-state index is -4.46. The quantitative estimate of drug-likeness (QED) is 0.635. The average Bonchev–Trinajstić information content (AvgIpc) is 3.08. The Morgan fingerprint density at radius 3 is 2.67 bits per heavy atom. The van der Waals surface area contributed by atoms with E-state index in [4.69, 9.17) is 11.6 Å². The molecule has 0 fully saturated rings. The maximum absolute atomic E-state index is 12.2. The number of carbonyl (C=O) groups excluding carboxylic acids is 1. The number of thiazole rings is 1. The van der Waals surface area contributed by atoms with Gasteiger partial charge in [-0.25, -0.2) is 9.97 Å². The van der Waals surface area contributed by atoms with Gasteiger partial charge in [0.25, 0.3) is 5.91 Å². The normalized spacial score (nSPS) is 11.3. The Bertz CT molecular complexity index is 945. The van der Waals surface area contributed by atoms with Crippen molar-refractivity contribution in [3.8, 4) is 17.1 Å². The van der Waals surface area contributed by atoms with Crippen LogP contribution in [0.2, 0.25) is 5.02 Å². The van der Waals surface area contributed by atoms with Crippen LogP contribution in [0.5, 0.6) is 5.88 Å². The highest BCUT2D eigenvalue weighted by molar-refractivity contribution is 7.14. The second kappa shape index (κ2) is 7.93. The van der Waals surface area contributed by atoms with Crippen LogP contribution in [0.15, 0.2) is 48.0 Å². The number of carbonyl (C=O) groups is 1. The van der Waals surface area contributed by atoms with Crippen molar-refractivity contribution in [2.45, 2.75) is 6.18 Å². The maximum Gasteiger partial charge on any atom is 0.422 e. The zero-order valence-electron chi connectivity index (χ0n) is 13.5. The third-order valence-electron chi connectivity index (χ3n) is 3.26. The molecule has 140 valence electrons. The number of pyridine rings is 1. The lowest BCUT2D eigenvalue weighted by molar-refractivity contribution is -0.154. The number of hydrogen-bond acceptors (Lipinski definition) is 5. The van der Waals surface area contributed by atoms with Crippen molar-refractivity contribution in [1.82, 2.24) is 9.97 Å². The van der Waals surface area contributed by atoms with Crippen LogP contribution in [0, 0.1) is 0 Å². The highest BCUT2D eigenvalue weighted by Gasteiger charge is 2.28. The molecule has 0 aliphatic rings. The predicted molar refractivity (Wildman–Crippen MR) is 96.3 cm³/mol. The number of ether oxygens (including phenoxy) is 1. The standard InChI is InChI=1S/C17H11ClF3N3O2S/c18-12-4-2-1-3-11(12)13-8-27-16(23-13)24-15(25)10-5-6-14(22-7-10)26-9-17(19,20)21/h1-8H,9H2,(H,23,24,25). The Labute approximate surface area is 160 Å². The van der Waals surface area contributed by atoms with Crippen LogP contribution in [0.1, 0.15) is 10.4 Å². The van der Waals surface area contributed by atoms with Crippen molar-refractivity contribution in [1.29, 1.82) is 0 Å². The molecule has 3 rings (SSSR count). The van der Waals surface area contributed by atoms with Gasteiger partial charge in [0.15, 0.2) is 11.7 Å². The molecular weight excluding hydrogens is 403 g/mol. The molecule has 0 bridgehead atoms. The van der Waals surface area contributed by atoms with E-state index in [1.165, 1.54) is 23.5 Å². The SMILES string of the molecule is O=C(Nc1nc(-c2ccccc2Cl)cs1)c1ccc(OCC(F)(F)F)nc1. The van der Waals surface area contributed by atoms with E-state index in [1.54, 1.807) is 17.5 Å². The van der Waals surface area contributed by atoms with Crippen LogP contribution in [-0.2, 0) is 0 Å². The lowest BCUT2D eigenvalue weighted by Crippen LogP contribution is -2.19. The number of anilines is 1. The monoisotopic (exact) mass is 413 g/mol. The number of nitrogens with zero attached hydrogens (tertiary/aromatic N) is 2. The zero-order chi connectivity index (χ0) is 19.4. The largest absolute Gasteiger partial charge is 0.468 e. The van der Waals surface area contributed by atoms with Crippen molar-refractivity contribution in [3.63, 3.8) is 0 Å². The van der Waals surface area contributed by atoms with E-state index >= 15 is 0 Å². The molecule has 0 aliphatic carbocycles. The Hall–Kier alpha value is -2.65. The highest BCUT2D eigenvalue weighted by atomic mass is 35.5. The van der Waals surface area contributed by atoms with E-state index in [2.05, 4.69) is 20.0 Å². The summed E-state index contributed by atoms with van der Waals surface area (Å²) in [5, 5.41) is 5.26. The molecule has 1 amide bonds. The number of amides is 1. The van der Waals surface area contributed by atoms with Crippen molar-refractivity contribution >= 4 is 34.0 Å².